The minimum atomic E-state index is -1.38. The zero-order chi connectivity index (χ0) is 33.8. The number of amides is 4. The van der Waals surface area contributed by atoms with E-state index in [-0.39, 0.29) is 31.6 Å². The van der Waals surface area contributed by atoms with Gasteiger partial charge in [-0.15, -0.1) is 5.10 Å². The summed E-state index contributed by atoms with van der Waals surface area (Å²) in [4.78, 5) is 53.9. The number of hydrogen-bond acceptors (Lipinski definition) is 10. The van der Waals surface area contributed by atoms with E-state index in [1.807, 2.05) is 36.6 Å². The van der Waals surface area contributed by atoms with Gasteiger partial charge in [-0.05, 0) is 49.1 Å². The average Bonchev–Trinajstić information content (AvgIpc) is 3.53. The number of nitrogens with one attached hydrogen (secondary N) is 4. The number of rotatable bonds is 7. The van der Waals surface area contributed by atoms with Gasteiger partial charge < -0.3 is 35.8 Å². The van der Waals surface area contributed by atoms with Gasteiger partial charge >= 0.3 is 0 Å². The second kappa shape index (κ2) is 17.3. The maximum atomic E-state index is 13.7. The van der Waals surface area contributed by atoms with Gasteiger partial charge in [-0.3, -0.25) is 23.9 Å². The van der Waals surface area contributed by atoms with Crippen molar-refractivity contribution in [3.63, 3.8) is 0 Å². The van der Waals surface area contributed by atoms with E-state index in [0.29, 0.717) is 35.9 Å². The van der Waals surface area contributed by atoms with E-state index in [9.17, 15) is 24.3 Å². The standard InChI is InChI=1S/C32H41N7O7S/c1-20(40)28-32(44)34-24(12-15-47-3)31(43)35-25(16-21-8-5-4-6-9-21)30(42)33-18-23-19-39(38-37-23)13-7-14-46-27-17-22(29(41)36-28)10-11-26(27)45-2/h4-6,8-11,17,19-20,24-25,28,40H,7,12-16,18H2,1-3H3,(H,33,42)(H,34,44)(H,35,43)(H,36,41)/t20-,24+,25+,28+/m1/s1. The van der Waals surface area contributed by atoms with Crippen molar-refractivity contribution in [1.29, 1.82) is 0 Å². The number of aromatic nitrogens is 3. The maximum absolute atomic E-state index is 13.7. The Morgan fingerprint density at radius 2 is 1.81 bits per heavy atom. The summed E-state index contributed by atoms with van der Waals surface area (Å²) in [5, 5.41) is 29.7. The normalized spacial score (nSPS) is 20.6. The number of ether oxygens (including phenoxy) is 2. The molecule has 0 saturated heterocycles. The van der Waals surface area contributed by atoms with Crippen molar-refractivity contribution in [2.75, 3.05) is 25.7 Å². The summed E-state index contributed by atoms with van der Waals surface area (Å²) in [5.74, 6) is -1.16. The Labute approximate surface area is 277 Å². The van der Waals surface area contributed by atoms with Crippen LogP contribution in [0.3, 0.4) is 0 Å². The Morgan fingerprint density at radius 3 is 2.53 bits per heavy atom. The molecule has 14 nitrogen and oxygen atoms in total. The molecule has 0 saturated carbocycles. The van der Waals surface area contributed by atoms with Gasteiger partial charge in [0.15, 0.2) is 11.5 Å². The molecule has 252 valence electrons. The van der Waals surface area contributed by atoms with Crippen LogP contribution < -0.4 is 30.7 Å². The summed E-state index contributed by atoms with van der Waals surface area (Å²) in [6.45, 7) is 2.19. The molecule has 1 aromatic heterocycles. The number of aliphatic hydroxyl groups excluding tert-OH is 1. The van der Waals surface area contributed by atoms with Crippen LogP contribution in [0.4, 0.5) is 0 Å². The number of fused-ring (bicyclic) bond motifs is 4. The molecule has 1 aliphatic rings. The first-order valence-electron chi connectivity index (χ1n) is 15.3. The largest absolute Gasteiger partial charge is 0.493 e. The van der Waals surface area contributed by atoms with Gasteiger partial charge in [-0.25, -0.2) is 0 Å². The van der Waals surface area contributed by atoms with Crippen molar-refractivity contribution in [3.8, 4) is 11.5 Å². The highest BCUT2D eigenvalue weighted by molar-refractivity contribution is 7.98. The zero-order valence-electron chi connectivity index (χ0n) is 26.6. The van der Waals surface area contributed by atoms with Gasteiger partial charge in [-0.2, -0.15) is 11.8 Å². The van der Waals surface area contributed by atoms with Crippen molar-refractivity contribution in [1.82, 2.24) is 36.3 Å². The van der Waals surface area contributed by atoms with Crippen molar-refractivity contribution in [2.24, 2.45) is 0 Å². The number of benzene rings is 2. The molecule has 1 aliphatic heterocycles. The molecule has 4 rings (SSSR count). The van der Waals surface area contributed by atoms with Gasteiger partial charge in [-0.1, -0.05) is 35.5 Å². The van der Waals surface area contributed by atoms with Gasteiger partial charge in [0.25, 0.3) is 5.91 Å². The molecule has 0 radical (unpaired) electrons. The molecule has 4 atom stereocenters. The second-order valence-corrected chi connectivity index (χ2v) is 12.0. The fourth-order valence-corrected chi connectivity index (χ4v) is 5.37. The lowest BCUT2D eigenvalue weighted by atomic mass is 10.0. The van der Waals surface area contributed by atoms with Crippen LogP contribution in [-0.2, 0) is 33.9 Å². The summed E-state index contributed by atoms with van der Waals surface area (Å²) in [6.07, 6.45) is 3.27. The highest BCUT2D eigenvalue weighted by Gasteiger charge is 2.32. The van der Waals surface area contributed by atoms with Crippen molar-refractivity contribution >= 4 is 35.4 Å². The number of methoxy groups -OCH3 is 1. The third kappa shape index (κ3) is 10.2. The van der Waals surface area contributed by atoms with E-state index in [2.05, 4.69) is 31.6 Å². The van der Waals surface area contributed by atoms with E-state index in [1.54, 1.807) is 16.9 Å². The van der Waals surface area contributed by atoms with Crippen LogP contribution in [-0.4, -0.2) is 93.7 Å². The van der Waals surface area contributed by atoms with E-state index >= 15 is 0 Å². The number of carbonyl (C=O) groups is 4. The molecular weight excluding hydrogens is 626 g/mol. The molecule has 5 N–H and O–H groups in total. The highest BCUT2D eigenvalue weighted by Crippen LogP contribution is 2.28. The van der Waals surface area contributed by atoms with Crippen LogP contribution in [0.1, 0.15) is 41.4 Å². The molecule has 4 amide bonds. The van der Waals surface area contributed by atoms with Crippen LogP contribution in [0.15, 0.2) is 54.7 Å². The number of aryl methyl sites for hydroxylation is 1. The molecule has 0 unspecified atom stereocenters. The lowest BCUT2D eigenvalue weighted by Crippen LogP contribution is -2.59. The Kier molecular flexibility index (Phi) is 13.0. The predicted octanol–water partition coefficient (Wildman–Crippen LogP) is 0.830. The quantitative estimate of drug-likeness (QED) is 0.242. The van der Waals surface area contributed by atoms with E-state index in [0.717, 1.165) is 5.56 Å². The highest BCUT2D eigenvalue weighted by atomic mass is 32.2. The van der Waals surface area contributed by atoms with Crippen molar-refractivity contribution in [3.05, 3.63) is 71.5 Å². The van der Waals surface area contributed by atoms with Crippen LogP contribution in [0.2, 0.25) is 0 Å². The van der Waals surface area contributed by atoms with Crippen LogP contribution in [0.25, 0.3) is 0 Å². The van der Waals surface area contributed by atoms with E-state index in [4.69, 9.17) is 9.47 Å². The molecule has 0 fully saturated rings. The third-order valence-electron chi connectivity index (χ3n) is 7.46. The van der Waals surface area contributed by atoms with Crippen LogP contribution >= 0.6 is 11.8 Å². The maximum Gasteiger partial charge on any atom is 0.252 e. The number of carbonyl (C=O) groups excluding carboxylic acids is 4. The SMILES string of the molecule is COc1ccc2cc1OCCCn1cc(nn1)CNC(=O)[C@H](Cc1ccccc1)NC(=O)[C@H](CCSC)NC(=O)[C@H]([C@@H](C)O)NC2=O. The third-order valence-corrected chi connectivity index (χ3v) is 8.10. The van der Waals surface area contributed by atoms with Gasteiger partial charge in [0, 0.05) is 24.9 Å². The summed E-state index contributed by atoms with van der Waals surface area (Å²) in [7, 11) is 1.48. The Morgan fingerprint density at radius 1 is 1.04 bits per heavy atom. The minimum Gasteiger partial charge on any atom is -0.493 e. The summed E-state index contributed by atoms with van der Waals surface area (Å²) in [5.41, 5.74) is 1.53. The number of hydrogen-bond donors (Lipinski definition) is 5. The fraction of sp³-hybridized carbons (Fsp3) is 0.438. The number of nitrogens with zero attached hydrogens (tertiary/aromatic N) is 3. The fourth-order valence-electron chi connectivity index (χ4n) is 4.90. The predicted molar refractivity (Wildman–Crippen MR) is 175 cm³/mol. The lowest BCUT2D eigenvalue weighted by Gasteiger charge is -2.26. The summed E-state index contributed by atoms with van der Waals surface area (Å²) < 4.78 is 12.9. The van der Waals surface area contributed by atoms with Crippen molar-refractivity contribution in [2.45, 2.75) is 63.5 Å². The molecule has 15 heteroatoms. The molecule has 3 aromatic rings. The molecule has 2 aromatic carbocycles. The Bertz CT molecular complexity index is 1520. The first-order valence-corrected chi connectivity index (χ1v) is 16.7. The average molecular weight is 668 g/mol. The summed E-state index contributed by atoms with van der Waals surface area (Å²) in [6, 6.07) is 10.4. The minimum absolute atomic E-state index is 0.0862. The molecule has 47 heavy (non-hydrogen) atoms. The van der Waals surface area contributed by atoms with Gasteiger partial charge in [0.05, 0.1) is 32.6 Å². The Hall–Kier alpha value is -4.63. The Balaban J connectivity index is 1.64. The molecular formula is C32H41N7O7S. The molecule has 0 spiro atoms. The number of thioether (sulfide) groups is 1. The summed E-state index contributed by atoms with van der Waals surface area (Å²) >= 11 is 1.48. The first kappa shape index (κ1) is 35.2. The molecule has 2 heterocycles. The first-order chi connectivity index (χ1) is 22.7. The van der Waals surface area contributed by atoms with Gasteiger partial charge in [0.1, 0.15) is 23.8 Å². The monoisotopic (exact) mass is 667 g/mol. The van der Waals surface area contributed by atoms with Crippen molar-refractivity contribution < 1.29 is 33.8 Å². The van der Waals surface area contributed by atoms with E-state index < -0.39 is 47.9 Å². The lowest BCUT2D eigenvalue weighted by molar-refractivity contribution is -0.133. The second-order valence-electron chi connectivity index (χ2n) is 11.0. The zero-order valence-corrected chi connectivity index (χ0v) is 27.4. The van der Waals surface area contributed by atoms with Gasteiger partial charge in [0.2, 0.25) is 17.7 Å². The van der Waals surface area contributed by atoms with Crippen LogP contribution in [0, 0.1) is 0 Å². The van der Waals surface area contributed by atoms with E-state index in [1.165, 1.54) is 37.9 Å². The smallest absolute Gasteiger partial charge is 0.252 e. The molecule has 0 aliphatic carbocycles. The number of aliphatic hydroxyl groups is 1. The van der Waals surface area contributed by atoms with Crippen LogP contribution in [0.5, 0.6) is 11.5 Å². The topological polar surface area (TPSA) is 186 Å². The molecule has 4 bridgehead atoms.